The molecule has 0 radical (unpaired) electrons. The minimum atomic E-state index is -2.83. The zero-order valence-corrected chi connectivity index (χ0v) is 33.8. The lowest BCUT2D eigenvalue weighted by Crippen LogP contribution is -2.54. The Morgan fingerprint density at radius 1 is 0.605 bits per heavy atom. The Labute approximate surface area is 268 Å². The number of hydrogen-bond donors (Lipinski definition) is 0. The minimum Gasteiger partial charge on any atom is -0.518 e. The highest BCUT2D eigenvalue weighted by molar-refractivity contribution is 6.79. The monoisotopic (exact) mass is 663 g/mol. The highest BCUT2D eigenvalue weighted by atomic mass is 28.4. The molecule has 0 spiro atoms. The number of nitrogens with zero attached hydrogens (tertiary/aromatic N) is 1. The number of hydrogen-bond acceptors (Lipinski definition) is 8. The molecule has 43 heavy (non-hydrogen) atoms. The zero-order chi connectivity index (χ0) is 33.8. The lowest BCUT2D eigenvalue weighted by Gasteiger charge is -2.43. The van der Waals surface area contributed by atoms with Gasteiger partial charge in [0.25, 0.3) is 22.6 Å². The summed E-state index contributed by atoms with van der Waals surface area (Å²) in [4.78, 5) is 29.9. The van der Waals surface area contributed by atoms with Crippen molar-refractivity contribution in [3.63, 3.8) is 0 Å². The highest BCUT2D eigenvalue weighted by Gasteiger charge is 2.51. The molecular weight excluding hydrogens is 595 g/mol. The largest absolute Gasteiger partial charge is 0.518 e. The van der Waals surface area contributed by atoms with Gasteiger partial charge in [-0.3, -0.25) is 14.5 Å². The summed E-state index contributed by atoms with van der Waals surface area (Å²) < 4.78 is 31.3. The molecule has 0 amide bonds. The Balaban J connectivity index is 6.38. The molecule has 0 aromatic rings. The minimum absolute atomic E-state index is 0.0278. The third-order valence-electron chi connectivity index (χ3n) is 9.23. The molecule has 0 aromatic heterocycles. The van der Waals surface area contributed by atoms with Gasteiger partial charge in [0.15, 0.2) is 0 Å². The Kier molecular flexibility index (Phi) is 18.9. The van der Waals surface area contributed by atoms with Crippen LogP contribution >= 0.6 is 0 Å². The van der Waals surface area contributed by atoms with Gasteiger partial charge in [0, 0.05) is 25.9 Å². The van der Waals surface area contributed by atoms with Gasteiger partial charge in [0.2, 0.25) is 0 Å². The average molecular weight is 664 g/mol. The Morgan fingerprint density at radius 3 is 1.28 bits per heavy atom. The van der Waals surface area contributed by atoms with E-state index < -0.39 is 31.5 Å². The zero-order valence-electron chi connectivity index (χ0n) is 30.8. The molecule has 256 valence electrons. The summed E-state index contributed by atoms with van der Waals surface area (Å²) in [5.74, 6) is -0.611. The maximum Gasteiger partial charge on any atom is 0.500 e. The molecule has 1 unspecified atom stereocenters. The van der Waals surface area contributed by atoms with Gasteiger partial charge in [-0.25, -0.2) is 0 Å². The van der Waals surface area contributed by atoms with Crippen molar-refractivity contribution < 1.29 is 31.7 Å². The van der Waals surface area contributed by atoms with Crippen LogP contribution in [-0.2, 0) is 31.7 Å². The molecule has 0 saturated heterocycles. The maximum atomic E-state index is 14.2. The van der Waals surface area contributed by atoms with Crippen molar-refractivity contribution in [2.24, 2.45) is 0 Å². The van der Waals surface area contributed by atoms with Crippen LogP contribution < -0.4 is 0 Å². The van der Waals surface area contributed by atoms with Crippen molar-refractivity contribution in [1.82, 2.24) is 4.90 Å². The lowest BCUT2D eigenvalue weighted by molar-refractivity contribution is -0.147. The van der Waals surface area contributed by atoms with E-state index >= 15 is 0 Å². The topological polar surface area (TPSA) is 83.5 Å². The lowest BCUT2D eigenvalue weighted by atomic mass is 10.2. The third kappa shape index (κ3) is 11.0. The van der Waals surface area contributed by atoms with Gasteiger partial charge in [-0.1, -0.05) is 83.1 Å². The van der Waals surface area contributed by atoms with Crippen LogP contribution in [0.5, 0.6) is 0 Å². The van der Waals surface area contributed by atoms with E-state index in [0.29, 0.717) is 38.8 Å². The van der Waals surface area contributed by atoms with E-state index in [1.807, 2.05) is 32.7 Å². The molecule has 11 heteroatoms. The second kappa shape index (κ2) is 19.2. The van der Waals surface area contributed by atoms with Crippen molar-refractivity contribution in [1.29, 1.82) is 0 Å². The predicted octanol–water partition coefficient (Wildman–Crippen LogP) is 8.55. The fraction of sp³-hybridized carbons (Fsp3) is 0.938. The summed E-state index contributed by atoms with van der Waals surface area (Å²) in [6.45, 7) is 33.9. The van der Waals surface area contributed by atoms with Gasteiger partial charge < -0.3 is 22.1 Å². The molecule has 0 aromatic carbocycles. The van der Waals surface area contributed by atoms with Crippen LogP contribution in [0.3, 0.4) is 0 Å². The van der Waals surface area contributed by atoms with E-state index in [1.165, 1.54) is 0 Å². The molecule has 0 aliphatic carbocycles. The van der Waals surface area contributed by atoms with Gasteiger partial charge >= 0.3 is 14.8 Å². The number of likely N-dealkylation sites (N-methyl/N-ethyl adjacent to an activating group) is 1. The van der Waals surface area contributed by atoms with Crippen molar-refractivity contribution in [3.8, 4) is 0 Å². The highest BCUT2D eigenvalue weighted by Crippen LogP contribution is 2.44. The van der Waals surface area contributed by atoms with E-state index in [0.717, 1.165) is 0 Å². The van der Waals surface area contributed by atoms with Crippen LogP contribution in [0, 0.1) is 0 Å². The predicted molar refractivity (Wildman–Crippen MR) is 185 cm³/mol. The van der Waals surface area contributed by atoms with Gasteiger partial charge in [0.1, 0.15) is 6.04 Å². The third-order valence-corrected chi connectivity index (χ3v) is 24.3. The van der Waals surface area contributed by atoms with Gasteiger partial charge in [-0.2, -0.15) is 0 Å². The molecule has 8 nitrogen and oxygen atoms in total. The van der Waals surface area contributed by atoms with E-state index in [-0.39, 0.29) is 51.6 Å². The Bertz CT molecular complexity index is 760. The summed E-state index contributed by atoms with van der Waals surface area (Å²) in [6.07, 6.45) is 0.672. The number of carbonyl (C=O) groups is 2. The van der Waals surface area contributed by atoms with Crippen LogP contribution in [-0.4, -0.2) is 81.7 Å². The molecule has 0 fully saturated rings. The first kappa shape index (κ1) is 42.4. The Morgan fingerprint density at radius 2 is 0.953 bits per heavy atom. The van der Waals surface area contributed by atoms with E-state index in [2.05, 4.69) is 83.1 Å². The summed E-state index contributed by atoms with van der Waals surface area (Å²) >= 11 is 0. The summed E-state index contributed by atoms with van der Waals surface area (Å²) in [7, 11) is -5.90. The second-order valence-electron chi connectivity index (χ2n) is 13.8. The SMILES string of the molecule is CCO[Si](CCCN(C)C(CC(=O)O[Si](C(C)C)(C(C)C)C(C)C)C(=O)O[Si](C(C)C)(C(C)C)C(C)C)(OCC)OCC. The second-order valence-corrected chi connectivity index (χ2v) is 27.3. The number of rotatable bonds is 22. The summed E-state index contributed by atoms with van der Waals surface area (Å²) in [6, 6.07) is -0.109. The average Bonchev–Trinajstić information content (AvgIpc) is 2.87. The first-order valence-electron chi connectivity index (χ1n) is 16.9. The van der Waals surface area contributed by atoms with Crippen molar-refractivity contribution >= 4 is 37.4 Å². The maximum absolute atomic E-state index is 14.2. The summed E-state index contributed by atoms with van der Waals surface area (Å²) in [5.41, 5.74) is 1.51. The first-order chi connectivity index (χ1) is 19.8. The smallest absolute Gasteiger partial charge is 0.500 e. The quantitative estimate of drug-likeness (QED) is 0.107. The molecule has 0 N–H and O–H groups in total. The van der Waals surface area contributed by atoms with Crippen LogP contribution in [0.4, 0.5) is 0 Å². The van der Waals surface area contributed by atoms with E-state index in [4.69, 9.17) is 22.1 Å². The van der Waals surface area contributed by atoms with Crippen molar-refractivity contribution in [2.45, 2.75) is 162 Å². The fourth-order valence-corrected chi connectivity index (χ4v) is 20.4. The summed E-state index contributed by atoms with van der Waals surface area (Å²) in [5, 5.41) is 0. The van der Waals surface area contributed by atoms with Crippen LogP contribution in [0.1, 0.15) is 117 Å². The molecule has 0 aliphatic rings. The van der Waals surface area contributed by atoms with Crippen LogP contribution in [0.15, 0.2) is 0 Å². The molecule has 0 aliphatic heterocycles. The van der Waals surface area contributed by atoms with Gasteiger partial charge in [0.05, 0.1) is 6.42 Å². The van der Waals surface area contributed by atoms with Crippen LogP contribution in [0.25, 0.3) is 0 Å². The Hall–Kier alpha value is -0.569. The van der Waals surface area contributed by atoms with Crippen molar-refractivity contribution in [3.05, 3.63) is 0 Å². The molecule has 0 bridgehead atoms. The van der Waals surface area contributed by atoms with Crippen molar-refractivity contribution in [2.75, 3.05) is 33.4 Å². The van der Waals surface area contributed by atoms with E-state index in [9.17, 15) is 9.59 Å². The molecule has 1 atom stereocenters. The molecule has 0 rings (SSSR count). The van der Waals surface area contributed by atoms with E-state index in [1.54, 1.807) is 0 Å². The van der Waals surface area contributed by atoms with Gasteiger partial charge in [-0.15, -0.1) is 0 Å². The first-order valence-corrected chi connectivity index (χ1v) is 23.1. The number of carbonyl (C=O) groups excluding carboxylic acids is 2. The standard InChI is InChI=1S/C32H69NO7Si3/c1-17-36-41(37-18-2,38-19-3)22-20-21-33(16)30(32(35)40-43(27(10)11,28(12)13)29(14)15)23-31(34)39-42(24(4)5,25(6)7)26(8)9/h24-30H,17-23H2,1-16H3. The van der Waals surface area contributed by atoms with Gasteiger partial charge in [-0.05, 0) is 74.0 Å². The molecular formula is C32H69NO7Si3. The molecule has 0 saturated carbocycles. The fourth-order valence-electron chi connectivity index (χ4n) is 7.47. The van der Waals surface area contributed by atoms with Crippen LogP contribution in [0.2, 0.25) is 39.3 Å². The molecule has 0 heterocycles. The normalized spacial score (nSPS) is 14.2.